The van der Waals surface area contributed by atoms with Crippen molar-refractivity contribution in [2.75, 3.05) is 7.05 Å². The van der Waals surface area contributed by atoms with Crippen molar-refractivity contribution in [2.45, 2.75) is 17.9 Å². The first-order valence-electron chi connectivity index (χ1n) is 6.32. The summed E-state index contributed by atoms with van der Waals surface area (Å²) in [6, 6.07) is 10.8. The molecule has 1 unspecified atom stereocenters. The van der Waals surface area contributed by atoms with Crippen LogP contribution in [0.2, 0.25) is 0 Å². The molecule has 0 spiro atoms. The Morgan fingerprint density at radius 2 is 1.67 bits per heavy atom. The van der Waals surface area contributed by atoms with E-state index >= 15 is 0 Å². The van der Waals surface area contributed by atoms with Crippen molar-refractivity contribution in [1.29, 1.82) is 0 Å². The van der Waals surface area contributed by atoms with Gasteiger partial charge in [-0.2, -0.15) is 4.31 Å². The van der Waals surface area contributed by atoms with E-state index in [1.54, 1.807) is 31.2 Å². The summed E-state index contributed by atoms with van der Waals surface area (Å²) in [5, 5.41) is 0. The molecule has 0 aliphatic carbocycles. The van der Waals surface area contributed by atoms with Crippen LogP contribution in [-0.4, -0.2) is 19.8 Å². The van der Waals surface area contributed by atoms with Crippen molar-refractivity contribution in [3.63, 3.8) is 0 Å². The molecule has 6 heteroatoms. The molecular weight excluding hydrogens is 296 g/mol. The second-order valence-corrected chi connectivity index (χ2v) is 6.65. The predicted molar refractivity (Wildman–Crippen MR) is 76.2 cm³/mol. The predicted octanol–water partition coefficient (Wildman–Crippen LogP) is 3.35. The Morgan fingerprint density at radius 3 is 2.29 bits per heavy atom. The molecule has 112 valence electrons. The Hall–Kier alpha value is -1.79. The van der Waals surface area contributed by atoms with E-state index in [2.05, 4.69) is 0 Å². The van der Waals surface area contributed by atoms with Gasteiger partial charge in [0.05, 0.1) is 0 Å². The third kappa shape index (κ3) is 3.11. The molecule has 0 saturated heterocycles. The van der Waals surface area contributed by atoms with Gasteiger partial charge in [0, 0.05) is 13.1 Å². The molecule has 0 fully saturated rings. The number of hydrogen-bond acceptors (Lipinski definition) is 2. The summed E-state index contributed by atoms with van der Waals surface area (Å²) >= 11 is 0. The zero-order valence-electron chi connectivity index (χ0n) is 11.6. The third-order valence-corrected chi connectivity index (χ3v) is 5.32. The van der Waals surface area contributed by atoms with Gasteiger partial charge in [-0.25, -0.2) is 17.2 Å². The zero-order valence-corrected chi connectivity index (χ0v) is 12.4. The first-order chi connectivity index (χ1) is 9.84. The van der Waals surface area contributed by atoms with E-state index in [4.69, 9.17) is 0 Å². The molecule has 0 bridgehead atoms. The topological polar surface area (TPSA) is 37.4 Å². The van der Waals surface area contributed by atoms with Crippen LogP contribution < -0.4 is 0 Å². The summed E-state index contributed by atoms with van der Waals surface area (Å²) < 4.78 is 52.8. The molecule has 0 radical (unpaired) electrons. The fraction of sp³-hybridized carbons (Fsp3) is 0.200. The summed E-state index contributed by atoms with van der Waals surface area (Å²) in [6.07, 6.45) is 0. The largest absolute Gasteiger partial charge is 0.246 e. The van der Waals surface area contributed by atoms with Crippen LogP contribution in [0.25, 0.3) is 0 Å². The van der Waals surface area contributed by atoms with Gasteiger partial charge in [0.25, 0.3) is 0 Å². The first-order valence-corrected chi connectivity index (χ1v) is 7.76. The Labute approximate surface area is 122 Å². The average Bonchev–Trinajstić information content (AvgIpc) is 2.49. The van der Waals surface area contributed by atoms with Gasteiger partial charge in [-0.05, 0) is 30.7 Å². The van der Waals surface area contributed by atoms with Gasteiger partial charge < -0.3 is 0 Å². The van der Waals surface area contributed by atoms with Crippen LogP contribution in [0.5, 0.6) is 0 Å². The number of rotatable bonds is 4. The second-order valence-electron chi connectivity index (χ2n) is 4.68. The molecule has 21 heavy (non-hydrogen) atoms. The maximum absolute atomic E-state index is 13.7. The number of benzene rings is 2. The van der Waals surface area contributed by atoms with E-state index in [0.717, 1.165) is 22.0 Å². The molecule has 0 aromatic heterocycles. The lowest BCUT2D eigenvalue weighted by Crippen LogP contribution is -2.30. The maximum Gasteiger partial charge on any atom is 0.246 e. The molecule has 2 aromatic rings. The highest BCUT2D eigenvalue weighted by Crippen LogP contribution is 2.27. The van der Waals surface area contributed by atoms with Crippen molar-refractivity contribution < 1.29 is 17.2 Å². The van der Waals surface area contributed by atoms with E-state index in [-0.39, 0.29) is 0 Å². The minimum absolute atomic E-state index is 0.501. The van der Waals surface area contributed by atoms with Gasteiger partial charge >= 0.3 is 0 Å². The Balaban J connectivity index is 2.41. The number of nitrogens with zero attached hydrogens (tertiary/aromatic N) is 1. The molecule has 0 heterocycles. The fourth-order valence-electron chi connectivity index (χ4n) is 1.98. The van der Waals surface area contributed by atoms with Gasteiger partial charge in [-0.3, -0.25) is 0 Å². The molecule has 2 aromatic carbocycles. The van der Waals surface area contributed by atoms with Crippen LogP contribution >= 0.6 is 0 Å². The van der Waals surface area contributed by atoms with E-state index < -0.39 is 32.6 Å². The average molecular weight is 311 g/mol. The molecule has 2 rings (SSSR count). The van der Waals surface area contributed by atoms with E-state index in [9.17, 15) is 17.2 Å². The SMILES string of the molecule is CC(c1ccccc1)N(C)S(=O)(=O)c1cc(F)ccc1F. The van der Waals surface area contributed by atoms with Crippen molar-refractivity contribution in [1.82, 2.24) is 4.31 Å². The normalized spacial score (nSPS) is 13.4. The van der Waals surface area contributed by atoms with Crippen LogP contribution in [-0.2, 0) is 10.0 Å². The molecule has 0 amide bonds. The molecule has 0 aliphatic heterocycles. The Bertz CT molecular complexity index is 733. The second kappa shape index (κ2) is 5.91. The van der Waals surface area contributed by atoms with Crippen molar-refractivity contribution in [3.8, 4) is 0 Å². The molecule has 0 saturated carbocycles. The minimum atomic E-state index is -4.12. The van der Waals surface area contributed by atoms with Crippen molar-refractivity contribution in [3.05, 3.63) is 65.7 Å². The number of hydrogen-bond donors (Lipinski definition) is 0. The van der Waals surface area contributed by atoms with Gasteiger partial charge in [0.1, 0.15) is 16.5 Å². The highest BCUT2D eigenvalue weighted by Gasteiger charge is 2.29. The summed E-state index contributed by atoms with van der Waals surface area (Å²) in [5.41, 5.74) is 0.764. The lowest BCUT2D eigenvalue weighted by molar-refractivity contribution is 0.394. The Morgan fingerprint density at radius 1 is 1.05 bits per heavy atom. The Kier molecular flexibility index (Phi) is 4.39. The van der Waals surface area contributed by atoms with Crippen LogP contribution in [0.3, 0.4) is 0 Å². The number of sulfonamides is 1. The smallest absolute Gasteiger partial charge is 0.207 e. The van der Waals surface area contributed by atoms with E-state index in [0.29, 0.717) is 6.07 Å². The quantitative estimate of drug-likeness (QED) is 0.868. The lowest BCUT2D eigenvalue weighted by atomic mass is 10.1. The van der Waals surface area contributed by atoms with Gasteiger partial charge in [-0.15, -0.1) is 0 Å². The van der Waals surface area contributed by atoms with Crippen molar-refractivity contribution >= 4 is 10.0 Å². The van der Waals surface area contributed by atoms with Gasteiger partial charge in [-0.1, -0.05) is 30.3 Å². The third-order valence-electron chi connectivity index (χ3n) is 3.38. The van der Waals surface area contributed by atoms with Crippen molar-refractivity contribution in [2.24, 2.45) is 0 Å². The molecule has 3 nitrogen and oxygen atoms in total. The van der Waals surface area contributed by atoms with Gasteiger partial charge in [0.15, 0.2) is 0 Å². The summed E-state index contributed by atoms with van der Waals surface area (Å²) in [4.78, 5) is -0.659. The van der Waals surface area contributed by atoms with Gasteiger partial charge in [0.2, 0.25) is 10.0 Å². The summed E-state index contributed by atoms with van der Waals surface area (Å²) in [7, 11) is -2.78. The van der Waals surface area contributed by atoms with E-state index in [1.165, 1.54) is 7.05 Å². The molecule has 0 aliphatic rings. The molecular formula is C15H15F2NO2S. The minimum Gasteiger partial charge on any atom is -0.207 e. The first kappa shape index (κ1) is 15.6. The lowest BCUT2D eigenvalue weighted by Gasteiger charge is -2.24. The maximum atomic E-state index is 13.7. The van der Waals surface area contributed by atoms with Crippen LogP contribution in [0.15, 0.2) is 53.4 Å². The summed E-state index contributed by atoms with van der Waals surface area (Å²) in [5.74, 6) is -1.76. The fourth-order valence-corrected chi connectivity index (χ4v) is 3.40. The number of halogens is 2. The zero-order chi connectivity index (χ0) is 15.6. The molecule has 0 N–H and O–H groups in total. The molecule has 1 atom stereocenters. The highest BCUT2D eigenvalue weighted by atomic mass is 32.2. The standard InChI is InChI=1S/C15H15F2NO2S/c1-11(12-6-4-3-5-7-12)18(2)21(19,20)15-10-13(16)8-9-14(15)17/h3-11H,1-2H3. The monoisotopic (exact) mass is 311 g/mol. The van der Waals surface area contributed by atoms with Crippen LogP contribution in [0, 0.1) is 11.6 Å². The van der Waals surface area contributed by atoms with Crippen LogP contribution in [0.4, 0.5) is 8.78 Å². The summed E-state index contributed by atoms with van der Waals surface area (Å²) in [6.45, 7) is 1.68. The van der Waals surface area contributed by atoms with E-state index in [1.807, 2.05) is 6.07 Å². The highest BCUT2D eigenvalue weighted by molar-refractivity contribution is 7.89. The van der Waals surface area contributed by atoms with Crippen LogP contribution in [0.1, 0.15) is 18.5 Å².